The maximum Gasteiger partial charge on any atom is 0.200 e. The molecule has 3 heteroatoms. The average molecular weight is 792 g/mol. The van der Waals surface area contributed by atoms with Gasteiger partial charge in [-0.1, -0.05) is 154 Å². The molecule has 0 spiro atoms. The van der Waals surface area contributed by atoms with Gasteiger partial charge in [0, 0.05) is 56.3 Å². The molecule has 0 aliphatic carbocycles. The first kappa shape index (κ1) is 33.5. The van der Waals surface area contributed by atoms with Gasteiger partial charge in [-0.15, -0.1) is 0 Å². The Kier molecular flexibility index (Phi) is 8.10. The fourth-order valence-electron chi connectivity index (χ4n) is 8.83. The topological polar surface area (TPSA) is 9.14 Å². The maximum atomic E-state index is 3.69. The van der Waals surface area contributed by atoms with Crippen LogP contribution in [0, 0.1) is 0 Å². The third-order valence-corrected chi connectivity index (χ3v) is 11.9. The molecular formula is C54H35BrN2+. The Bertz CT molecular complexity index is 3200. The summed E-state index contributed by atoms with van der Waals surface area (Å²) in [7, 11) is 0. The fourth-order valence-corrected chi connectivity index (χ4v) is 9.10. The average Bonchev–Trinajstić information content (AvgIpc) is 3.28. The van der Waals surface area contributed by atoms with Gasteiger partial charge in [-0.3, -0.25) is 0 Å². The van der Waals surface area contributed by atoms with E-state index < -0.39 is 0 Å². The third kappa shape index (κ3) is 5.66. The van der Waals surface area contributed by atoms with Crippen LogP contribution in [-0.2, 0) is 0 Å². The molecule has 0 aliphatic heterocycles. The fraction of sp³-hybridized carbons (Fsp3) is 0. The van der Waals surface area contributed by atoms with E-state index in [2.05, 4.69) is 238 Å². The highest BCUT2D eigenvalue weighted by atomic mass is 79.9. The van der Waals surface area contributed by atoms with E-state index >= 15 is 0 Å². The van der Waals surface area contributed by atoms with Crippen LogP contribution < -0.4 is 9.80 Å². The highest BCUT2D eigenvalue weighted by Gasteiger charge is 2.32. The van der Waals surface area contributed by atoms with Crippen molar-refractivity contribution in [3.63, 3.8) is 0 Å². The van der Waals surface area contributed by atoms with E-state index in [4.69, 9.17) is 0 Å². The molecule has 0 amide bonds. The van der Waals surface area contributed by atoms with Crippen LogP contribution in [0.15, 0.2) is 217 Å². The molecule has 0 aliphatic rings. The van der Waals surface area contributed by atoms with Crippen molar-refractivity contribution in [1.29, 1.82) is 0 Å². The Morgan fingerprint density at radius 2 is 0.667 bits per heavy atom. The molecule has 0 atom stereocenters. The summed E-state index contributed by atoms with van der Waals surface area (Å²) in [6, 6.07) is 77.4. The second-order valence-corrected chi connectivity index (χ2v) is 15.6. The van der Waals surface area contributed by atoms with Crippen molar-refractivity contribution >= 4 is 115 Å². The summed E-state index contributed by atoms with van der Waals surface area (Å²) in [5.74, 6) is 0. The van der Waals surface area contributed by atoms with Crippen LogP contribution in [0.25, 0.3) is 64.6 Å². The third-order valence-electron chi connectivity index (χ3n) is 11.4. The summed E-state index contributed by atoms with van der Waals surface area (Å²) in [6.07, 6.45) is 0. The van der Waals surface area contributed by atoms with Gasteiger partial charge in [0.15, 0.2) is 5.69 Å². The number of hydrogen-bond donors (Lipinski definition) is 0. The minimum atomic E-state index is 1.05. The molecule has 0 fully saturated rings. The van der Waals surface area contributed by atoms with Gasteiger partial charge in [-0.05, 0) is 103 Å². The molecule has 11 aromatic rings. The first-order valence-electron chi connectivity index (χ1n) is 19.4. The molecule has 0 heterocycles. The van der Waals surface area contributed by atoms with Crippen LogP contribution in [0.2, 0.25) is 0 Å². The minimum Gasteiger partial charge on any atom is -0.310 e. The maximum absolute atomic E-state index is 3.69. The molecule has 11 aromatic carbocycles. The Morgan fingerprint density at radius 1 is 0.316 bits per heavy atom. The predicted octanol–water partition coefficient (Wildman–Crippen LogP) is 16.3. The lowest BCUT2D eigenvalue weighted by atomic mass is 9.96. The molecule has 57 heavy (non-hydrogen) atoms. The molecule has 0 aromatic heterocycles. The predicted molar refractivity (Wildman–Crippen MR) is 248 cm³/mol. The van der Waals surface area contributed by atoms with E-state index in [0.29, 0.717) is 0 Å². The summed E-state index contributed by atoms with van der Waals surface area (Å²) in [5, 5.41) is 14.7. The lowest BCUT2D eigenvalue weighted by Gasteiger charge is -2.28. The Hall–Kier alpha value is -6.78. The number of halogens is 1. The largest absolute Gasteiger partial charge is 0.310 e. The first-order valence-corrected chi connectivity index (χ1v) is 20.2. The van der Waals surface area contributed by atoms with Gasteiger partial charge in [-0.2, -0.15) is 0 Å². The van der Waals surface area contributed by atoms with Crippen molar-refractivity contribution in [2.24, 2.45) is 0 Å². The summed E-state index contributed by atoms with van der Waals surface area (Å²) < 4.78 is 1.05. The van der Waals surface area contributed by atoms with Crippen LogP contribution in [0.1, 0.15) is 0 Å². The van der Waals surface area contributed by atoms with Crippen LogP contribution in [-0.4, -0.2) is 0 Å². The second kappa shape index (κ2) is 13.8. The molecular weight excluding hydrogens is 757 g/mol. The van der Waals surface area contributed by atoms with Gasteiger partial charge < -0.3 is 4.90 Å². The number of benzene rings is 11. The molecule has 0 bridgehead atoms. The number of nitrogens with zero attached hydrogens (tertiary/aromatic N) is 2. The van der Waals surface area contributed by atoms with Crippen LogP contribution in [0.3, 0.4) is 0 Å². The number of anilines is 6. The van der Waals surface area contributed by atoms with Crippen molar-refractivity contribution in [1.82, 2.24) is 4.90 Å². The van der Waals surface area contributed by atoms with Crippen LogP contribution in [0.4, 0.5) is 34.1 Å². The van der Waals surface area contributed by atoms with E-state index in [-0.39, 0.29) is 0 Å². The van der Waals surface area contributed by atoms with Gasteiger partial charge >= 0.3 is 0 Å². The summed E-state index contributed by atoms with van der Waals surface area (Å²) in [4.78, 5) is 4.87. The first-order chi connectivity index (χ1) is 28.2. The lowest BCUT2D eigenvalue weighted by molar-refractivity contribution is 0.950. The quantitative estimate of drug-likeness (QED) is 0.120. The number of rotatable bonds is 6. The van der Waals surface area contributed by atoms with Gasteiger partial charge in [0.05, 0.1) is 5.69 Å². The Balaban J connectivity index is 1.17. The van der Waals surface area contributed by atoms with Gasteiger partial charge in [0.25, 0.3) is 0 Å². The van der Waals surface area contributed by atoms with Crippen LogP contribution >= 0.6 is 15.9 Å². The van der Waals surface area contributed by atoms with E-state index in [9.17, 15) is 0 Å². The van der Waals surface area contributed by atoms with Gasteiger partial charge in [0.1, 0.15) is 0 Å². The van der Waals surface area contributed by atoms with Crippen molar-refractivity contribution < 1.29 is 0 Å². The molecule has 1 radical (unpaired) electrons. The molecule has 0 saturated carbocycles. The number of hydrogen-bond acceptors (Lipinski definition) is 2. The standard InChI is InChI=1S/C54H35BrN2/c55-39-25-27-40(28-26-39)56(52-33-36-13-1-4-16-43(36)46-19-7-10-22-49(46)52)41-29-31-42(32-30-41)57(53-34-37-14-2-5-17-44(37)47-20-8-11-23-50(47)53)54-35-38-15-3-6-18-45(38)48-21-9-12-24-51(48)54/h1-35H/q+1. The second-order valence-electron chi connectivity index (χ2n) is 14.7. The van der Waals surface area contributed by atoms with E-state index in [0.717, 1.165) is 38.6 Å². The molecule has 11 rings (SSSR count). The summed E-state index contributed by atoms with van der Waals surface area (Å²) in [6.45, 7) is 0. The van der Waals surface area contributed by atoms with Crippen molar-refractivity contribution in [3.05, 3.63) is 217 Å². The zero-order chi connectivity index (χ0) is 37.9. The number of fused-ring (bicyclic) bond motifs is 9. The molecule has 0 saturated heterocycles. The normalized spacial score (nSPS) is 11.8. The monoisotopic (exact) mass is 790 g/mol. The molecule has 0 unspecified atom stereocenters. The SMILES string of the molecule is Brc1ccc(N(c2ccc([N+](c3cc4ccccc4c4ccccc34)c3cc4ccccc4c4ccccc34)cc2)c2cc3ccccc3c3ccccc23)cc1. The highest BCUT2D eigenvalue weighted by Crippen LogP contribution is 2.47. The zero-order valence-electron chi connectivity index (χ0n) is 31.0. The van der Waals surface area contributed by atoms with Crippen molar-refractivity contribution in [2.75, 3.05) is 4.90 Å². The van der Waals surface area contributed by atoms with Crippen LogP contribution in [0.5, 0.6) is 0 Å². The van der Waals surface area contributed by atoms with Gasteiger partial charge in [-0.25, -0.2) is 0 Å². The molecule has 2 nitrogen and oxygen atoms in total. The zero-order valence-corrected chi connectivity index (χ0v) is 32.6. The van der Waals surface area contributed by atoms with Crippen molar-refractivity contribution in [2.45, 2.75) is 0 Å². The lowest BCUT2D eigenvalue weighted by Crippen LogP contribution is -2.14. The van der Waals surface area contributed by atoms with Gasteiger partial charge in [0.2, 0.25) is 11.4 Å². The van der Waals surface area contributed by atoms with Crippen molar-refractivity contribution in [3.8, 4) is 0 Å². The highest BCUT2D eigenvalue weighted by molar-refractivity contribution is 9.10. The Morgan fingerprint density at radius 3 is 1.14 bits per heavy atom. The summed E-state index contributed by atoms with van der Waals surface area (Å²) in [5.41, 5.74) is 6.67. The van der Waals surface area contributed by atoms with E-state index in [1.165, 1.54) is 64.6 Å². The molecule has 0 N–H and O–H groups in total. The Labute approximate surface area is 339 Å². The van der Waals surface area contributed by atoms with E-state index in [1.54, 1.807) is 0 Å². The van der Waals surface area contributed by atoms with E-state index in [1.807, 2.05) is 0 Å². The summed E-state index contributed by atoms with van der Waals surface area (Å²) >= 11 is 3.69. The minimum absolute atomic E-state index is 1.05. The smallest absolute Gasteiger partial charge is 0.200 e. The molecule has 267 valence electrons.